The van der Waals surface area contributed by atoms with E-state index < -0.39 is 17.7 Å². The summed E-state index contributed by atoms with van der Waals surface area (Å²) in [6, 6.07) is 5.06. The van der Waals surface area contributed by atoms with Crippen LogP contribution in [0.3, 0.4) is 0 Å². The number of hydrogen-bond acceptors (Lipinski definition) is 5. The van der Waals surface area contributed by atoms with Crippen molar-refractivity contribution in [2.75, 3.05) is 20.3 Å². The van der Waals surface area contributed by atoms with E-state index >= 15 is 0 Å². The summed E-state index contributed by atoms with van der Waals surface area (Å²) >= 11 is 0. The second-order valence-corrected chi connectivity index (χ2v) is 7.99. The van der Waals surface area contributed by atoms with Gasteiger partial charge in [-0.15, -0.1) is 0 Å². The fourth-order valence-corrected chi connectivity index (χ4v) is 3.98. The Morgan fingerprint density at radius 1 is 1.31 bits per heavy atom. The third kappa shape index (κ3) is 4.56. The quantitative estimate of drug-likeness (QED) is 0.685. The van der Waals surface area contributed by atoms with E-state index in [1.165, 1.54) is 0 Å². The molecule has 1 saturated carbocycles. The first-order valence-electron chi connectivity index (χ1n) is 10.1. The van der Waals surface area contributed by atoms with Crippen molar-refractivity contribution >= 4 is 18.0 Å². The van der Waals surface area contributed by atoms with Crippen LogP contribution in [0.5, 0.6) is 11.5 Å². The number of β-amino-alcohol motifs (C(OH)–C–C–N with tert-alkyl or cyclic N) is 1. The van der Waals surface area contributed by atoms with Crippen molar-refractivity contribution < 1.29 is 24.2 Å². The molecule has 1 atom stereocenters. The van der Waals surface area contributed by atoms with Gasteiger partial charge in [0.05, 0.1) is 13.7 Å². The lowest BCUT2D eigenvalue weighted by Gasteiger charge is -2.33. The summed E-state index contributed by atoms with van der Waals surface area (Å²) in [6.45, 7) is 3.94. The number of allylic oxidation sites excluding steroid dienone is 1. The Balaban J connectivity index is 1.59. The molecule has 2 aliphatic rings. The first-order valence-corrected chi connectivity index (χ1v) is 10.1. The number of carbonyl (C=O) groups excluding carboxylic acids is 2. The topological polar surface area (TPSA) is 88.1 Å². The lowest BCUT2D eigenvalue weighted by molar-refractivity contribution is -0.133. The SMILES string of the molecule is C/C=C/c1ccc(OC[C@H](O)CN2C(=O)NC3(CCC(C)CC3)C2=O)c(OC)c1. The van der Waals surface area contributed by atoms with Crippen molar-refractivity contribution in [2.45, 2.75) is 51.2 Å². The van der Waals surface area contributed by atoms with E-state index in [4.69, 9.17) is 9.47 Å². The summed E-state index contributed by atoms with van der Waals surface area (Å²) in [5.74, 6) is 1.38. The Morgan fingerprint density at radius 2 is 2.03 bits per heavy atom. The number of rotatable bonds is 7. The standard InChI is InChI=1S/C22H30N2O5/c1-4-5-16-6-7-18(19(12-16)28-3)29-14-17(25)13-24-20(26)22(23-21(24)27)10-8-15(2)9-11-22/h4-7,12,15,17,25H,8-11,13-14H2,1-3H3,(H,23,27)/b5-4+/t15?,17-,22?/m1/s1. The number of carbonyl (C=O) groups is 2. The molecule has 1 aromatic rings. The van der Waals surface area contributed by atoms with Crippen molar-refractivity contribution in [1.29, 1.82) is 0 Å². The van der Waals surface area contributed by atoms with E-state index in [0.29, 0.717) is 30.3 Å². The average molecular weight is 402 g/mol. The molecule has 1 aromatic carbocycles. The Hall–Kier alpha value is -2.54. The molecule has 1 saturated heterocycles. The van der Waals surface area contributed by atoms with E-state index in [2.05, 4.69) is 12.2 Å². The zero-order valence-corrected chi connectivity index (χ0v) is 17.3. The van der Waals surface area contributed by atoms with E-state index in [9.17, 15) is 14.7 Å². The minimum Gasteiger partial charge on any atom is -0.493 e. The zero-order valence-electron chi connectivity index (χ0n) is 17.3. The van der Waals surface area contributed by atoms with Crippen molar-refractivity contribution in [1.82, 2.24) is 10.2 Å². The van der Waals surface area contributed by atoms with Gasteiger partial charge < -0.3 is 19.9 Å². The fraction of sp³-hybridized carbons (Fsp3) is 0.545. The monoisotopic (exact) mass is 402 g/mol. The maximum atomic E-state index is 12.9. The maximum Gasteiger partial charge on any atom is 0.325 e. The molecule has 158 valence electrons. The largest absolute Gasteiger partial charge is 0.493 e. The smallest absolute Gasteiger partial charge is 0.325 e. The average Bonchev–Trinajstić information content (AvgIpc) is 2.93. The number of ether oxygens (including phenoxy) is 2. The zero-order chi connectivity index (χ0) is 21.0. The number of nitrogens with zero attached hydrogens (tertiary/aromatic N) is 1. The third-order valence-electron chi connectivity index (χ3n) is 5.75. The van der Waals surface area contributed by atoms with Gasteiger partial charge in [-0.1, -0.05) is 25.1 Å². The number of hydrogen-bond donors (Lipinski definition) is 2. The molecule has 3 amide bonds. The fourth-order valence-electron chi connectivity index (χ4n) is 3.98. The Morgan fingerprint density at radius 3 is 2.69 bits per heavy atom. The Bertz CT molecular complexity index is 783. The second-order valence-electron chi connectivity index (χ2n) is 7.99. The lowest BCUT2D eigenvalue weighted by Crippen LogP contribution is -2.49. The third-order valence-corrected chi connectivity index (χ3v) is 5.75. The molecule has 1 aliphatic heterocycles. The highest BCUT2D eigenvalue weighted by Crippen LogP contribution is 2.36. The molecule has 0 aromatic heterocycles. The van der Waals surface area contributed by atoms with Gasteiger partial charge in [-0.05, 0) is 56.2 Å². The molecular formula is C22H30N2O5. The van der Waals surface area contributed by atoms with Crippen molar-refractivity contribution in [2.24, 2.45) is 5.92 Å². The molecule has 1 spiro atoms. The van der Waals surface area contributed by atoms with Crippen LogP contribution in [-0.4, -0.2) is 53.8 Å². The van der Waals surface area contributed by atoms with Crippen molar-refractivity contribution in [3.05, 3.63) is 29.8 Å². The van der Waals surface area contributed by atoms with Gasteiger partial charge in [0.15, 0.2) is 11.5 Å². The van der Waals surface area contributed by atoms with E-state index in [1.807, 2.05) is 31.2 Å². The van der Waals surface area contributed by atoms with Crippen LogP contribution in [0.25, 0.3) is 6.08 Å². The number of urea groups is 1. The molecule has 7 nitrogen and oxygen atoms in total. The molecular weight excluding hydrogens is 372 g/mol. The molecule has 29 heavy (non-hydrogen) atoms. The molecule has 0 bridgehead atoms. The van der Waals surface area contributed by atoms with Gasteiger partial charge in [0, 0.05) is 0 Å². The van der Waals surface area contributed by atoms with E-state index in [0.717, 1.165) is 23.3 Å². The van der Waals surface area contributed by atoms with Crippen LogP contribution in [0, 0.1) is 5.92 Å². The minimum absolute atomic E-state index is 0.0551. The predicted octanol–water partition coefficient (Wildman–Crippen LogP) is 2.97. The molecule has 0 unspecified atom stereocenters. The number of imide groups is 1. The van der Waals surface area contributed by atoms with Crippen LogP contribution in [0.4, 0.5) is 4.79 Å². The van der Waals surface area contributed by atoms with Crippen LogP contribution in [0.1, 0.15) is 45.1 Å². The number of aliphatic hydroxyl groups excluding tert-OH is 1. The number of nitrogens with one attached hydrogen (secondary N) is 1. The molecule has 2 N–H and O–H groups in total. The van der Waals surface area contributed by atoms with Gasteiger partial charge in [-0.25, -0.2) is 4.79 Å². The highest BCUT2D eigenvalue weighted by Gasteiger charge is 2.52. The normalized spacial score (nSPS) is 25.5. The molecule has 1 aliphatic carbocycles. The van der Waals surface area contributed by atoms with Gasteiger partial charge in [-0.3, -0.25) is 9.69 Å². The lowest BCUT2D eigenvalue weighted by atomic mass is 9.77. The van der Waals surface area contributed by atoms with Crippen LogP contribution in [0.2, 0.25) is 0 Å². The predicted molar refractivity (Wildman–Crippen MR) is 110 cm³/mol. The van der Waals surface area contributed by atoms with Crippen LogP contribution < -0.4 is 14.8 Å². The number of benzene rings is 1. The highest BCUT2D eigenvalue weighted by molar-refractivity contribution is 6.07. The van der Waals surface area contributed by atoms with Gasteiger partial charge in [-0.2, -0.15) is 0 Å². The van der Waals surface area contributed by atoms with E-state index in [1.54, 1.807) is 13.2 Å². The maximum absolute atomic E-state index is 12.9. The number of methoxy groups -OCH3 is 1. The first-order chi connectivity index (χ1) is 13.9. The molecule has 2 fully saturated rings. The van der Waals surface area contributed by atoms with Crippen molar-refractivity contribution in [3.63, 3.8) is 0 Å². The summed E-state index contributed by atoms with van der Waals surface area (Å²) < 4.78 is 11.0. The van der Waals surface area contributed by atoms with Crippen LogP contribution in [-0.2, 0) is 4.79 Å². The van der Waals surface area contributed by atoms with Gasteiger partial charge >= 0.3 is 6.03 Å². The molecule has 3 rings (SSSR count). The molecule has 1 heterocycles. The summed E-state index contributed by atoms with van der Waals surface area (Å²) in [6.07, 6.45) is 6.00. The molecule has 7 heteroatoms. The van der Waals surface area contributed by atoms with E-state index in [-0.39, 0.29) is 19.1 Å². The summed E-state index contributed by atoms with van der Waals surface area (Å²) in [7, 11) is 1.55. The highest BCUT2D eigenvalue weighted by atomic mass is 16.5. The summed E-state index contributed by atoms with van der Waals surface area (Å²) in [5.41, 5.74) is 0.180. The Kier molecular flexibility index (Phi) is 6.47. The molecule has 0 radical (unpaired) electrons. The van der Waals surface area contributed by atoms with Gasteiger partial charge in [0.2, 0.25) is 0 Å². The van der Waals surface area contributed by atoms with Crippen molar-refractivity contribution in [3.8, 4) is 11.5 Å². The Labute approximate surface area is 171 Å². The number of amides is 3. The minimum atomic E-state index is -0.998. The van der Waals surface area contributed by atoms with Gasteiger partial charge in [0.25, 0.3) is 5.91 Å². The second kappa shape index (κ2) is 8.86. The summed E-state index contributed by atoms with van der Waals surface area (Å²) in [4.78, 5) is 26.4. The van der Waals surface area contributed by atoms with Gasteiger partial charge in [0.1, 0.15) is 18.2 Å². The first kappa shape index (κ1) is 21.2. The van der Waals surface area contributed by atoms with Crippen LogP contribution >= 0.6 is 0 Å². The number of aliphatic hydroxyl groups is 1. The summed E-state index contributed by atoms with van der Waals surface area (Å²) in [5, 5.41) is 13.3. The van der Waals surface area contributed by atoms with Crippen LogP contribution in [0.15, 0.2) is 24.3 Å².